The molecule has 114 valence electrons. The molecule has 0 rings (SSSR count). The van der Waals surface area contributed by atoms with Crippen molar-refractivity contribution in [3.05, 3.63) is 12.2 Å². The molecule has 1 N–H and O–H groups in total. The Hall–Kier alpha value is 0.499. The van der Waals surface area contributed by atoms with E-state index < -0.39 is 18.4 Å². The molecule has 0 aliphatic rings. The van der Waals surface area contributed by atoms with Gasteiger partial charge in [0.1, 0.15) is 0 Å². The zero-order valence-corrected chi connectivity index (χ0v) is 16.7. The molecule has 0 aliphatic heterocycles. The number of aliphatic hydroxyl groups excluding tert-OH is 1. The second kappa shape index (κ2) is 11.2. The van der Waals surface area contributed by atoms with E-state index in [1.165, 1.54) is 56.3 Å². The van der Waals surface area contributed by atoms with Gasteiger partial charge in [0.05, 0.1) is 0 Å². The summed E-state index contributed by atoms with van der Waals surface area (Å²) in [5.74, 6) is 0. The zero-order chi connectivity index (χ0) is 14.7. The van der Waals surface area contributed by atoms with Gasteiger partial charge in [0.2, 0.25) is 0 Å². The van der Waals surface area contributed by atoms with Gasteiger partial charge in [0, 0.05) is 0 Å². The Kier molecular flexibility index (Phi) is 11.5. The number of hydrogen-bond donors (Lipinski definition) is 1. The van der Waals surface area contributed by atoms with E-state index in [9.17, 15) is 5.11 Å². The summed E-state index contributed by atoms with van der Waals surface area (Å²) in [6.07, 6.45) is 7.85. The third-order valence-corrected chi connectivity index (χ3v) is 19.9. The summed E-state index contributed by atoms with van der Waals surface area (Å²) in [4.78, 5) is 0. The molecule has 0 amide bonds. The van der Waals surface area contributed by atoms with Crippen molar-refractivity contribution in [1.82, 2.24) is 0 Å². The fraction of sp³-hybridized carbons (Fsp3) is 0.882. The Balaban J connectivity index is 4.80. The predicted octanol–water partition coefficient (Wildman–Crippen LogP) is 5.77. The summed E-state index contributed by atoms with van der Waals surface area (Å²) in [5, 5.41) is 9.79. The van der Waals surface area contributed by atoms with Gasteiger partial charge in [-0.2, -0.15) is 0 Å². The molecular formula is C17H36OSn. The zero-order valence-electron chi connectivity index (χ0n) is 13.8. The van der Waals surface area contributed by atoms with Crippen LogP contribution >= 0.6 is 0 Å². The molecule has 1 atom stereocenters. The summed E-state index contributed by atoms with van der Waals surface area (Å²) >= 11 is -2.08. The van der Waals surface area contributed by atoms with Crippen LogP contribution in [0.1, 0.15) is 66.2 Å². The minimum atomic E-state index is -2.08. The maximum atomic E-state index is 9.79. The van der Waals surface area contributed by atoms with E-state index in [1.54, 1.807) is 0 Å². The van der Waals surface area contributed by atoms with E-state index in [4.69, 9.17) is 0 Å². The second-order valence-corrected chi connectivity index (χ2v) is 20.2. The van der Waals surface area contributed by atoms with Crippen LogP contribution in [0.25, 0.3) is 0 Å². The second-order valence-electron chi connectivity index (χ2n) is 6.32. The first-order chi connectivity index (χ1) is 9.01. The maximum absolute atomic E-state index is 9.79. The molecule has 0 spiro atoms. The fourth-order valence-corrected chi connectivity index (χ4v) is 19.6. The molecule has 0 saturated carbocycles. The number of hydrogen-bond acceptors (Lipinski definition) is 1. The van der Waals surface area contributed by atoms with Crippen LogP contribution in [0.3, 0.4) is 0 Å². The topological polar surface area (TPSA) is 20.2 Å². The van der Waals surface area contributed by atoms with Gasteiger partial charge in [-0.1, -0.05) is 0 Å². The molecule has 19 heavy (non-hydrogen) atoms. The Bertz CT molecular complexity index is 214. The molecule has 1 nitrogen and oxygen atoms in total. The van der Waals surface area contributed by atoms with Crippen LogP contribution in [0.15, 0.2) is 12.2 Å². The van der Waals surface area contributed by atoms with Crippen LogP contribution in [0, 0.1) is 0 Å². The first-order valence-electron chi connectivity index (χ1n) is 8.37. The summed E-state index contributed by atoms with van der Waals surface area (Å²) in [7, 11) is 0. The van der Waals surface area contributed by atoms with E-state index >= 15 is 0 Å². The van der Waals surface area contributed by atoms with Crippen molar-refractivity contribution in [2.24, 2.45) is 0 Å². The van der Waals surface area contributed by atoms with Crippen molar-refractivity contribution in [3.8, 4) is 0 Å². The molecule has 0 fully saturated rings. The van der Waals surface area contributed by atoms with Gasteiger partial charge in [-0.15, -0.1) is 0 Å². The van der Waals surface area contributed by atoms with Gasteiger partial charge in [0.15, 0.2) is 0 Å². The fourth-order valence-electron chi connectivity index (χ4n) is 2.92. The van der Waals surface area contributed by atoms with Gasteiger partial charge < -0.3 is 0 Å². The van der Waals surface area contributed by atoms with Crippen LogP contribution in [0.4, 0.5) is 0 Å². The minimum absolute atomic E-state index is 0.305. The average Bonchev–Trinajstić information content (AvgIpc) is 2.40. The van der Waals surface area contributed by atoms with Crippen LogP contribution in [-0.2, 0) is 0 Å². The molecule has 0 radical (unpaired) electrons. The molecule has 0 aromatic rings. The Labute approximate surface area is 125 Å². The molecule has 0 bridgehead atoms. The first-order valence-corrected chi connectivity index (χ1v) is 16.4. The van der Waals surface area contributed by atoms with E-state index in [0.29, 0.717) is 0 Å². The molecule has 0 aromatic heterocycles. The van der Waals surface area contributed by atoms with Crippen molar-refractivity contribution in [1.29, 1.82) is 0 Å². The van der Waals surface area contributed by atoms with Crippen LogP contribution < -0.4 is 0 Å². The van der Waals surface area contributed by atoms with E-state index in [2.05, 4.69) is 27.4 Å². The molecule has 0 aliphatic carbocycles. The molecule has 0 aromatic carbocycles. The Morgan fingerprint density at radius 1 is 0.947 bits per heavy atom. The Morgan fingerprint density at radius 2 is 1.32 bits per heavy atom. The van der Waals surface area contributed by atoms with Gasteiger partial charge in [-0.05, 0) is 0 Å². The predicted molar refractivity (Wildman–Crippen MR) is 90.5 cm³/mol. The monoisotopic (exact) mass is 376 g/mol. The normalized spacial score (nSPS) is 13.5. The van der Waals surface area contributed by atoms with Gasteiger partial charge in [-0.25, -0.2) is 0 Å². The molecule has 0 unspecified atom stereocenters. The van der Waals surface area contributed by atoms with E-state index in [0.717, 1.165) is 5.57 Å². The number of aliphatic hydroxyl groups is 1. The summed E-state index contributed by atoms with van der Waals surface area (Å²) in [6.45, 7) is 13.0. The quantitative estimate of drug-likeness (QED) is 0.339. The van der Waals surface area contributed by atoms with Crippen LogP contribution in [0.2, 0.25) is 17.7 Å². The van der Waals surface area contributed by atoms with Crippen molar-refractivity contribution in [2.75, 3.05) is 0 Å². The first kappa shape index (κ1) is 19.5. The summed E-state index contributed by atoms with van der Waals surface area (Å²) < 4.78 is 5.76. The summed E-state index contributed by atoms with van der Waals surface area (Å²) in [5.41, 5.74) is 1.12. The van der Waals surface area contributed by atoms with Crippen LogP contribution in [-0.4, -0.2) is 29.6 Å². The molecule has 2 heteroatoms. The van der Waals surface area contributed by atoms with Crippen molar-refractivity contribution in [2.45, 2.75) is 90.1 Å². The van der Waals surface area contributed by atoms with Gasteiger partial charge >= 0.3 is 126 Å². The Morgan fingerprint density at radius 3 is 1.58 bits per heavy atom. The molecule has 0 saturated heterocycles. The molecular weight excluding hydrogens is 339 g/mol. The van der Waals surface area contributed by atoms with Crippen molar-refractivity contribution in [3.63, 3.8) is 0 Å². The summed E-state index contributed by atoms with van der Waals surface area (Å²) in [6, 6.07) is 0. The number of unbranched alkanes of at least 4 members (excludes halogenated alkanes) is 3. The van der Waals surface area contributed by atoms with Crippen LogP contribution in [0.5, 0.6) is 0 Å². The third-order valence-electron chi connectivity index (χ3n) is 4.37. The van der Waals surface area contributed by atoms with Gasteiger partial charge in [0.25, 0.3) is 0 Å². The SMILES string of the molecule is C=C([CH2][Sn]([CH2]CCC)([CH2]CCC)[CH2]CCC)[C@H](C)O. The van der Waals surface area contributed by atoms with E-state index in [1.807, 2.05) is 6.92 Å². The number of rotatable bonds is 12. The van der Waals surface area contributed by atoms with E-state index in [-0.39, 0.29) is 6.10 Å². The average molecular weight is 375 g/mol. The van der Waals surface area contributed by atoms with Gasteiger partial charge in [-0.3, -0.25) is 0 Å². The standard InChI is InChI=1S/C5H9O.3C4H9.Sn/c1-4(2)5(3)6;3*1-3-4-2;/h5-6H,1-2H2,3H3;3*1,3-4H2,2H3;/t5-;;;;/m0..../s1. The van der Waals surface area contributed by atoms with Crippen molar-refractivity contribution < 1.29 is 5.11 Å². The molecule has 0 heterocycles. The van der Waals surface area contributed by atoms with Crippen molar-refractivity contribution >= 4 is 18.4 Å². The third kappa shape index (κ3) is 8.39.